The van der Waals surface area contributed by atoms with Crippen LogP contribution in [0.5, 0.6) is 6.01 Å². The lowest BCUT2D eigenvalue weighted by molar-refractivity contribution is 0.0483. The molecule has 2 fully saturated rings. The third-order valence-corrected chi connectivity index (χ3v) is 7.92. The van der Waals surface area contributed by atoms with E-state index in [0.29, 0.717) is 29.3 Å². The predicted molar refractivity (Wildman–Crippen MR) is 152 cm³/mol. The number of H-pyrrole nitrogens is 1. The topological polar surface area (TPSA) is 111 Å². The third kappa shape index (κ3) is 5.73. The Morgan fingerprint density at radius 3 is 2.65 bits per heavy atom. The molecule has 6 rings (SSSR count). The first kappa shape index (κ1) is 26.5. The SMILES string of the molecule is Nc1nc(OCC2CCOCC2)nc2c1[nH]c(=O)n2Cc1ccc(-c2cccc(CN3CCCC3)c2)c(CF)c1. The number of anilines is 1. The van der Waals surface area contributed by atoms with Gasteiger partial charge in [-0.1, -0.05) is 36.4 Å². The van der Waals surface area contributed by atoms with Crippen molar-refractivity contribution in [3.63, 3.8) is 0 Å². The minimum absolute atomic E-state index is 0.137. The van der Waals surface area contributed by atoms with Crippen molar-refractivity contribution >= 4 is 17.0 Å². The summed E-state index contributed by atoms with van der Waals surface area (Å²) in [4.78, 5) is 26.8. The molecular formula is C30H35FN6O3. The van der Waals surface area contributed by atoms with Crippen LogP contribution in [0.3, 0.4) is 0 Å². The number of rotatable bonds is 9. The number of ether oxygens (including phenoxy) is 2. The Morgan fingerprint density at radius 1 is 1.05 bits per heavy atom. The number of nitrogens with zero attached hydrogens (tertiary/aromatic N) is 4. The van der Waals surface area contributed by atoms with Gasteiger partial charge >= 0.3 is 11.7 Å². The second kappa shape index (κ2) is 11.8. The van der Waals surface area contributed by atoms with E-state index in [4.69, 9.17) is 15.2 Å². The van der Waals surface area contributed by atoms with E-state index >= 15 is 0 Å². The Labute approximate surface area is 232 Å². The maximum atomic E-state index is 14.3. The van der Waals surface area contributed by atoms with Crippen LogP contribution in [0, 0.1) is 5.92 Å². The minimum atomic E-state index is -0.610. The molecule has 0 radical (unpaired) electrons. The highest BCUT2D eigenvalue weighted by atomic mass is 19.1. The summed E-state index contributed by atoms with van der Waals surface area (Å²) in [6.07, 6.45) is 4.33. The number of alkyl halides is 1. The van der Waals surface area contributed by atoms with Gasteiger partial charge in [0.2, 0.25) is 0 Å². The highest BCUT2D eigenvalue weighted by Crippen LogP contribution is 2.28. The van der Waals surface area contributed by atoms with Crippen molar-refractivity contribution in [1.82, 2.24) is 24.4 Å². The van der Waals surface area contributed by atoms with Crippen molar-refractivity contribution in [2.75, 3.05) is 38.6 Å². The summed E-state index contributed by atoms with van der Waals surface area (Å²) in [5, 5.41) is 0. The molecule has 0 amide bonds. The molecule has 2 aliphatic rings. The zero-order valence-corrected chi connectivity index (χ0v) is 22.6. The Balaban J connectivity index is 1.24. The number of nitrogens with one attached hydrogen (secondary N) is 1. The first-order chi connectivity index (χ1) is 19.6. The maximum absolute atomic E-state index is 14.3. The molecule has 2 aromatic carbocycles. The fourth-order valence-electron chi connectivity index (χ4n) is 5.70. The Hall–Kier alpha value is -3.76. The number of nitrogen functional groups attached to an aromatic ring is 1. The van der Waals surface area contributed by atoms with Crippen LogP contribution in [-0.2, 0) is 24.5 Å². The number of likely N-dealkylation sites (tertiary alicyclic amines) is 1. The molecule has 4 heterocycles. The summed E-state index contributed by atoms with van der Waals surface area (Å²) in [5.74, 6) is 0.512. The van der Waals surface area contributed by atoms with Crippen molar-refractivity contribution in [3.8, 4) is 17.1 Å². The van der Waals surface area contributed by atoms with Crippen molar-refractivity contribution in [2.45, 2.75) is 45.4 Å². The molecule has 0 unspecified atom stereocenters. The van der Waals surface area contributed by atoms with Crippen LogP contribution in [0.1, 0.15) is 42.4 Å². The Kier molecular flexibility index (Phi) is 7.79. The average molecular weight is 547 g/mol. The van der Waals surface area contributed by atoms with Gasteiger partial charge in [-0.2, -0.15) is 9.97 Å². The summed E-state index contributed by atoms with van der Waals surface area (Å²) in [5.41, 5.74) is 11.0. The van der Waals surface area contributed by atoms with Gasteiger partial charge in [0.25, 0.3) is 0 Å². The van der Waals surface area contributed by atoms with Gasteiger partial charge in [0, 0.05) is 19.8 Å². The van der Waals surface area contributed by atoms with Gasteiger partial charge in [0.1, 0.15) is 12.2 Å². The van der Waals surface area contributed by atoms with Crippen molar-refractivity contribution in [1.29, 1.82) is 0 Å². The molecule has 10 heteroatoms. The van der Waals surface area contributed by atoms with Gasteiger partial charge in [-0.25, -0.2) is 9.18 Å². The van der Waals surface area contributed by atoms with Crippen molar-refractivity contribution < 1.29 is 13.9 Å². The molecule has 3 N–H and O–H groups in total. The van der Waals surface area contributed by atoms with Gasteiger partial charge in [-0.05, 0) is 78.6 Å². The van der Waals surface area contributed by atoms with Gasteiger partial charge in [-0.15, -0.1) is 0 Å². The number of hydrogen-bond acceptors (Lipinski definition) is 7. The normalized spacial score (nSPS) is 16.6. The van der Waals surface area contributed by atoms with Crippen LogP contribution in [0.2, 0.25) is 0 Å². The third-order valence-electron chi connectivity index (χ3n) is 7.92. The number of imidazole rings is 1. The molecule has 210 valence electrons. The molecule has 0 bridgehead atoms. The lowest BCUT2D eigenvalue weighted by Gasteiger charge is -2.21. The number of aromatic amines is 1. The molecule has 0 saturated carbocycles. The van der Waals surface area contributed by atoms with Gasteiger partial charge in [0.05, 0.1) is 13.2 Å². The van der Waals surface area contributed by atoms with E-state index < -0.39 is 6.67 Å². The fourth-order valence-corrected chi connectivity index (χ4v) is 5.70. The highest BCUT2D eigenvalue weighted by molar-refractivity contribution is 5.82. The summed E-state index contributed by atoms with van der Waals surface area (Å²) in [6.45, 7) is 4.66. The molecule has 0 atom stereocenters. The molecular weight excluding hydrogens is 511 g/mol. The number of aromatic nitrogens is 4. The quantitative estimate of drug-likeness (QED) is 0.322. The molecule has 40 heavy (non-hydrogen) atoms. The number of halogens is 1. The first-order valence-electron chi connectivity index (χ1n) is 14.0. The van der Waals surface area contributed by atoms with E-state index in [1.807, 2.05) is 30.3 Å². The molecule has 0 aliphatic carbocycles. The maximum Gasteiger partial charge on any atom is 0.328 e. The van der Waals surface area contributed by atoms with Crippen molar-refractivity contribution in [2.24, 2.45) is 5.92 Å². The van der Waals surface area contributed by atoms with Crippen LogP contribution in [0.15, 0.2) is 47.3 Å². The Morgan fingerprint density at radius 2 is 1.85 bits per heavy atom. The Bertz CT molecular complexity index is 1540. The molecule has 2 saturated heterocycles. The van der Waals surface area contributed by atoms with E-state index in [-0.39, 0.29) is 24.1 Å². The zero-order valence-electron chi connectivity index (χ0n) is 22.6. The standard InChI is InChI=1S/C30H35FN6O3/c31-16-24-15-22(6-7-25(24)23-5-3-4-21(14-23)17-36-10-1-2-11-36)18-37-28-26(33-30(37)38)27(32)34-29(35-28)40-19-20-8-12-39-13-9-20/h3-7,14-15,20H,1-2,8-13,16-19H2,(H,33,38)(H2,32,34,35). The van der Waals surface area contributed by atoms with E-state index in [1.165, 1.54) is 23.0 Å². The van der Waals surface area contributed by atoms with Gasteiger partial charge < -0.3 is 20.2 Å². The summed E-state index contributed by atoms with van der Waals surface area (Å²) >= 11 is 0. The second-order valence-corrected chi connectivity index (χ2v) is 10.8. The largest absolute Gasteiger partial charge is 0.463 e. The summed E-state index contributed by atoms with van der Waals surface area (Å²) in [6, 6.07) is 14.2. The van der Waals surface area contributed by atoms with Crippen LogP contribution in [-0.4, -0.2) is 57.3 Å². The molecule has 9 nitrogen and oxygen atoms in total. The lowest BCUT2D eigenvalue weighted by Crippen LogP contribution is -2.22. The van der Waals surface area contributed by atoms with Gasteiger partial charge in [0.15, 0.2) is 11.5 Å². The van der Waals surface area contributed by atoms with Crippen LogP contribution >= 0.6 is 0 Å². The summed E-state index contributed by atoms with van der Waals surface area (Å²) in [7, 11) is 0. The molecule has 2 aromatic heterocycles. The molecule has 2 aliphatic heterocycles. The number of nitrogens with two attached hydrogens (primary N) is 1. The number of benzene rings is 2. The van der Waals surface area contributed by atoms with Crippen LogP contribution in [0.25, 0.3) is 22.3 Å². The van der Waals surface area contributed by atoms with E-state index in [1.54, 1.807) is 0 Å². The highest BCUT2D eigenvalue weighted by Gasteiger charge is 2.19. The van der Waals surface area contributed by atoms with E-state index in [0.717, 1.165) is 62.4 Å². The lowest BCUT2D eigenvalue weighted by atomic mass is 9.96. The number of fused-ring (bicyclic) bond motifs is 1. The smallest absolute Gasteiger partial charge is 0.328 e. The number of hydrogen-bond donors (Lipinski definition) is 2. The first-order valence-corrected chi connectivity index (χ1v) is 14.0. The molecule has 4 aromatic rings. The second-order valence-electron chi connectivity index (χ2n) is 10.8. The van der Waals surface area contributed by atoms with E-state index in [9.17, 15) is 9.18 Å². The predicted octanol–water partition coefficient (Wildman–Crippen LogP) is 4.29. The van der Waals surface area contributed by atoms with E-state index in [2.05, 4.69) is 32.0 Å². The van der Waals surface area contributed by atoms with Gasteiger partial charge in [-0.3, -0.25) is 9.47 Å². The fraction of sp³-hybridized carbons (Fsp3) is 0.433. The summed E-state index contributed by atoms with van der Waals surface area (Å²) < 4.78 is 27.0. The monoisotopic (exact) mass is 546 g/mol. The zero-order chi connectivity index (χ0) is 27.5. The van der Waals surface area contributed by atoms with Crippen LogP contribution < -0.4 is 16.2 Å². The van der Waals surface area contributed by atoms with Crippen LogP contribution in [0.4, 0.5) is 10.2 Å². The molecule has 0 spiro atoms. The average Bonchev–Trinajstić information content (AvgIpc) is 3.60. The van der Waals surface area contributed by atoms with Crippen molar-refractivity contribution in [3.05, 3.63) is 69.6 Å². The minimum Gasteiger partial charge on any atom is -0.463 e.